The highest BCUT2D eigenvalue weighted by molar-refractivity contribution is 6.32. The van der Waals surface area contributed by atoms with Gasteiger partial charge in [-0.2, -0.15) is 5.10 Å². The Hall–Kier alpha value is -3.57. The monoisotopic (exact) mass is 434 g/mol. The largest absolute Gasteiger partial charge is 0.496 e. The van der Waals surface area contributed by atoms with E-state index in [9.17, 15) is 4.39 Å². The number of methoxy groups -OCH3 is 2. The van der Waals surface area contributed by atoms with Gasteiger partial charge in [0, 0.05) is 17.2 Å². The van der Waals surface area contributed by atoms with E-state index in [1.165, 1.54) is 12.1 Å². The fourth-order valence-electron chi connectivity index (χ4n) is 3.34. The average molecular weight is 435 g/mol. The van der Waals surface area contributed by atoms with E-state index in [0.717, 1.165) is 28.1 Å². The lowest BCUT2D eigenvalue weighted by Crippen LogP contribution is -2.01. The van der Waals surface area contributed by atoms with Crippen molar-refractivity contribution in [2.45, 2.75) is 0 Å². The maximum absolute atomic E-state index is 13.2. The Balaban J connectivity index is 1.82. The van der Waals surface area contributed by atoms with E-state index in [4.69, 9.17) is 21.1 Å². The zero-order valence-electron chi connectivity index (χ0n) is 17.0. The van der Waals surface area contributed by atoms with Crippen molar-refractivity contribution >= 4 is 23.8 Å². The molecule has 156 valence electrons. The van der Waals surface area contributed by atoms with Gasteiger partial charge in [-0.25, -0.2) is 9.07 Å². The molecule has 0 N–H and O–H groups in total. The summed E-state index contributed by atoms with van der Waals surface area (Å²) >= 11 is 6.41. The maximum Gasteiger partial charge on any atom is 0.131 e. The summed E-state index contributed by atoms with van der Waals surface area (Å²) in [5.41, 5.74) is 4.14. The molecular weight excluding hydrogens is 415 g/mol. The predicted molar refractivity (Wildman–Crippen MR) is 122 cm³/mol. The molecule has 0 atom stereocenters. The number of hydrogen-bond donors (Lipinski definition) is 0. The van der Waals surface area contributed by atoms with Crippen molar-refractivity contribution < 1.29 is 13.9 Å². The molecule has 3 aromatic carbocycles. The van der Waals surface area contributed by atoms with Crippen LogP contribution in [0.2, 0.25) is 5.02 Å². The second-order valence-corrected chi connectivity index (χ2v) is 7.17. The van der Waals surface area contributed by atoms with E-state index in [0.29, 0.717) is 16.5 Å². The molecule has 4 nitrogen and oxygen atoms in total. The second-order valence-electron chi connectivity index (χ2n) is 6.76. The molecule has 4 rings (SSSR count). The van der Waals surface area contributed by atoms with Crippen molar-refractivity contribution in [1.82, 2.24) is 9.78 Å². The minimum atomic E-state index is -0.269. The van der Waals surface area contributed by atoms with Gasteiger partial charge in [-0.15, -0.1) is 0 Å². The van der Waals surface area contributed by atoms with Gasteiger partial charge < -0.3 is 9.47 Å². The summed E-state index contributed by atoms with van der Waals surface area (Å²) in [4.78, 5) is 0. The first-order valence-electron chi connectivity index (χ1n) is 9.59. The zero-order valence-corrected chi connectivity index (χ0v) is 17.8. The third-order valence-corrected chi connectivity index (χ3v) is 5.20. The Kier molecular flexibility index (Phi) is 6.05. The highest BCUT2D eigenvalue weighted by atomic mass is 35.5. The first kappa shape index (κ1) is 20.7. The molecule has 0 radical (unpaired) electrons. The number of rotatable bonds is 6. The van der Waals surface area contributed by atoms with E-state index in [2.05, 4.69) is 5.10 Å². The first-order valence-corrected chi connectivity index (χ1v) is 9.97. The molecule has 0 aliphatic carbocycles. The van der Waals surface area contributed by atoms with Crippen molar-refractivity contribution in [3.8, 4) is 28.4 Å². The van der Waals surface area contributed by atoms with Gasteiger partial charge in [-0.05, 0) is 42.0 Å². The lowest BCUT2D eigenvalue weighted by Gasteiger charge is -2.15. The Labute approximate surface area is 185 Å². The zero-order chi connectivity index (χ0) is 21.8. The van der Waals surface area contributed by atoms with Gasteiger partial charge in [0.25, 0.3) is 0 Å². The molecule has 6 heteroatoms. The second kappa shape index (κ2) is 9.06. The lowest BCUT2D eigenvalue weighted by atomic mass is 10.0. The van der Waals surface area contributed by atoms with Gasteiger partial charge in [0.1, 0.15) is 17.3 Å². The Morgan fingerprint density at radius 2 is 1.65 bits per heavy atom. The van der Waals surface area contributed by atoms with Gasteiger partial charge in [-0.1, -0.05) is 48.0 Å². The number of para-hydroxylation sites is 1. The third-order valence-electron chi connectivity index (χ3n) is 4.88. The fourth-order valence-corrected chi connectivity index (χ4v) is 3.55. The summed E-state index contributed by atoms with van der Waals surface area (Å²) < 4.78 is 26.2. The summed E-state index contributed by atoms with van der Waals surface area (Å²) in [6.07, 6.45) is 5.54. The maximum atomic E-state index is 13.2. The van der Waals surface area contributed by atoms with Crippen LogP contribution in [0.25, 0.3) is 29.1 Å². The van der Waals surface area contributed by atoms with Crippen LogP contribution < -0.4 is 9.47 Å². The number of benzene rings is 3. The molecule has 31 heavy (non-hydrogen) atoms. The van der Waals surface area contributed by atoms with Crippen molar-refractivity contribution in [1.29, 1.82) is 0 Å². The normalized spacial score (nSPS) is 11.1. The van der Waals surface area contributed by atoms with E-state index >= 15 is 0 Å². The molecule has 0 bridgehead atoms. The summed E-state index contributed by atoms with van der Waals surface area (Å²) in [6.45, 7) is 0. The van der Waals surface area contributed by atoms with Crippen molar-refractivity contribution in [3.63, 3.8) is 0 Å². The number of hydrogen-bond acceptors (Lipinski definition) is 3. The third kappa shape index (κ3) is 4.32. The van der Waals surface area contributed by atoms with Crippen molar-refractivity contribution in [3.05, 3.63) is 94.9 Å². The van der Waals surface area contributed by atoms with Crippen LogP contribution in [0.5, 0.6) is 11.5 Å². The van der Waals surface area contributed by atoms with E-state index in [1.807, 2.05) is 54.6 Å². The van der Waals surface area contributed by atoms with Gasteiger partial charge in [-0.3, -0.25) is 0 Å². The molecule has 0 spiro atoms. The van der Waals surface area contributed by atoms with Gasteiger partial charge in [0.2, 0.25) is 0 Å². The summed E-state index contributed by atoms with van der Waals surface area (Å²) in [5.74, 6) is 1.03. The van der Waals surface area contributed by atoms with Crippen LogP contribution in [0.15, 0.2) is 72.9 Å². The summed E-state index contributed by atoms with van der Waals surface area (Å²) in [7, 11) is 3.22. The van der Waals surface area contributed by atoms with Crippen LogP contribution in [0.3, 0.4) is 0 Å². The number of nitrogens with zero attached hydrogens (tertiary/aromatic N) is 2. The molecule has 0 saturated carbocycles. The minimum absolute atomic E-state index is 0.269. The molecular formula is C25H20ClFN2O2. The van der Waals surface area contributed by atoms with Crippen molar-refractivity contribution in [2.24, 2.45) is 0 Å². The van der Waals surface area contributed by atoms with Gasteiger partial charge in [0.15, 0.2) is 0 Å². The molecule has 0 amide bonds. The van der Waals surface area contributed by atoms with E-state index in [-0.39, 0.29) is 5.82 Å². The van der Waals surface area contributed by atoms with Crippen LogP contribution in [0.1, 0.15) is 11.1 Å². The molecule has 1 heterocycles. The van der Waals surface area contributed by atoms with Crippen LogP contribution in [-0.2, 0) is 0 Å². The van der Waals surface area contributed by atoms with Crippen LogP contribution >= 0.6 is 11.6 Å². The topological polar surface area (TPSA) is 36.3 Å². The summed E-state index contributed by atoms with van der Waals surface area (Å²) in [5, 5.41) is 5.06. The SMILES string of the molecule is COc1cc(OC)c(-c2ccnn2-c2ccccc2Cl)cc1C=Cc1ccc(F)cc1. The fraction of sp³-hybridized carbons (Fsp3) is 0.0800. The van der Waals surface area contributed by atoms with Gasteiger partial charge in [0.05, 0.1) is 36.8 Å². The van der Waals surface area contributed by atoms with Crippen LogP contribution in [0, 0.1) is 5.82 Å². The predicted octanol–water partition coefficient (Wildman–Crippen LogP) is 6.52. The van der Waals surface area contributed by atoms with Gasteiger partial charge >= 0.3 is 0 Å². The molecule has 0 saturated heterocycles. The van der Waals surface area contributed by atoms with E-state index in [1.54, 1.807) is 37.2 Å². The number of aromatic nitrogens is 2. The number of ether oxygens (including phenoxy) is 2. The molecule has 4 aromatic rings. The van der Waals surface area contributed by atoms with Crippen molar-refractivity contribution in [2.75, 3.05) is 14.2 Å². The Morgan fingerprint density at radius 1 is 0.903 bits per heavy atom. The minimum Gasteiger partial charge on any atom is -0.496 e. The molecule has 0 unspecified atom stereocenters. The summed E-state index contributed by atoms with van der Waals surface area (Å²) in [6, 6.07) is 19.5. The quantitative estimate of drug-likeness (QED) is 0.324. The molecule has 0 fully saturated rings. The highest BCUT2D eigenvalue weighted by Crippen LogP contribution is 2.38. The Morgan fingerprint density at radius 3 is 2.35 bits per heavy atom. The average Bonchev–Trinajstić information content (AvgIpc) is 3.28. The molecule has 0 aliphatic rings. The smallest absolute Gasteiger partial charge is 0.131 e. The van der Waals surface area contributed by atoms with Crippen LogP contribution in [-0.4, -0.2) is 24.0 Å². The first-order chi connectivity index (χ1) is 15.1. The lowest BCUT2D eigenvalue weighted by molar-refractivity contribution is 0.394. The molecule has 1 aromatic heterocycles. The standard InChI is InChI=1S/C25H20ClFN2O2/c1-30-24-16-25(31-2)20(15-18(24)10-7-17-8-11-19(27)12-9-17)22-13-14-28-29(22)23-6-4-3-5-21(23)26/h3-16H,1-2H3. The molecule has 0 aliphatic heterocycles. The van der Waals surface area contributed by atoms with E-state index < -0.39 is 0 Å². The highest BCUT2D eigenvalue weighted by Gasteiger charge is 2.17. The van der Waals surface area contributed by atoms with Crippen LogP contribution in [0.4, 0.5) is 4.39 Å². The number of halogens is 2. The Bertz CT molecular complexity index is 1230.